The number of aromatic nitrogens is 3. The van der Waals surface area contributed by atoms with Gasteiger partial charge in [0.15, 0.2) is 0 Å². The molecule has 0 saturated heterocycles. The third-order valence-corrected chi connectivity index (χ3v) is 5.67. The zero-order valence-electron chi connectivity index (χ0n) is 23.4. The van der Waals surface area contributed by atoms with Crippen molar-refractivity contribution in [1.29, 1.82) is 0 Å². The Kier molecular flexibility index (Phi) is 14.1. The number of aliphatic hydroxyl groups is 1. The molecule has 1 aromatic heterocycles. The molecular formula is C28H40N8O5. The van der Waals surface area contributed by atoms with Crippen LogP contribution in [-0.2, 0) is 22.6 Å². The zero-order valence-corrected chi connectivity index (χ0v) is 23.4. The molecule has 0 aliphatic carbocycles. The monoisotopic (exact) mass is 568 g/mol. The van der Waals surface area contributed by atoms with Crippen molar-refractivity contribution in [1.82, 2.24) is 20.3 Å². The largest absolute Gasteiger partial charge is 0.497 e. The standard InChI is InChI=1S/C28H40N8O5/c1-39-24-5-2-4-22(18-24)20-33-28-35-26(31-11-3-13-37)34-27(36-28)32-19-21-6-8-23(9-7-21)25(38)30-12-15-41-17-16-40-14-10-29/h2,4-9,18,37H,3,10-17,19-20,29H2,1H3,(H,30,38)(H3,31,32,33,34,35,36). The Morgan fingerprint density at radius 2 is 1.49 bits per heavy atom. The van der Waals surface area contributed by atoms with Crippen LogP contribution in [0.3, 0.4) is 0 Å². The highest BCUT2D eigenvalue weighted by atomic mass is 16.5. The zero-order chi connectivity index (χ0) is 29.1. The number of anilines is 3. The topological polar surface area (TPSA) is 178 Å². The molecule has 3 aromatic rings. The highest BCUT2D eigenvalue weighted by Crippen LogP contribution is 2.15. The Morgan fingerprint density at radius 3 is 2.15 bits per heavy atom. The van der Waals surface area contributed by atoms with Gasteiger partial charge >= 0.3 is 0 Å². The van der Waals surface area contributed by atoms with E-state index in [1.54, 1.807) is 19.2 Å². The van der Waals surface area contributed by atoms with E-state index in [1.807, 2.05) is 36.4 Å². The van der Waals surface area contributed by atoms with Crippen LogP contribution < -0.4 is 31.7 Å². The molecule has 7 N–H and O–H groups in total. The van der Waals surface area contributed by atoms with Crippen LogP contribution >= 0.6 is 0 Å². The van der Waals surface area contributed by atoms with E-state index in [0.29, 0.717) is 89.0 Å². The molecule has 0 spiro atoms. The predicted octanol–water partition coefficient (Wildman–Crippen LogP) is 1.62. The number of hydrogen-bond donors (Lipinski definition) is 6. The molecule has 13 heteroatoms. The minimum absolute atomic E-state index is 0.0665. The summed E-state index contributed by atoms with van der Waals surface area (Å²) in [6.07, 6.45) is 0.568. The maximum Gasteiger partial charge on any atom is 0.251 e. The van der Waals surface area contributed by atoms with Crippen molar-refractivity contribution in [2.45, 2.75) is 19.5 Å². The summed E-state index contributed by atoms with van der Waals surface area (Å²) < 4.78 is 15.9. The van der Waals surface area contributed by atoms with E-state index in [2.05, 4.69) is 36.2 Å². The molecule has 0 saturated carbocycles. The van der Waals surface area contributed by atoms with Crippen molar-refractivity contribution in [2.75, 3.05) is 75.7 Å². The Labute approximate surface area is 240 Å². The Balaban J connectivity index is 1.51. The number of ether oxygens (including phenoxy) is 3. The van der Waals surface area contributed by atoms with Gasteiger partial charge in [0.05, 0.1) is 33.5 Å². The maximum atomic E-state index is 12.4. The van der Waals surface area contributed by atoms with Crippen LogP contribution in [0.15, 0.2) is 48.5 Å². The van der Waals surface area contributed by atoms with Crippen LogP contribution in [0.4, 0.5) is 17.8 Å². The van der Waals surface area contributed by atoms with Crippen LogP contribution in [0, 0.1) is 0 Å². The van der Waals surface area contributed by atoms with Crippen molar-refractivity contribution in [3.8, 4) is 5.75 Å². The number of hydrogen-bond acceptors (Lipinski definition) is 12. The number of amides is 1. The van der Waals surface area contributed by atoms with Gasteiger partial charge in [0.25, 0.3) is 5.91 Å². The summed E-state index contributed by atoms with van der Waals surface area (Å²) in [5.41, 5.74) is 7.87. The van der Waals surface area contributed by atoms with Crippen molar-refractivity contribution in [3.63, 3.8) is 0 Å². The number of methoxy groups -OCH3 is 1. The van der Waals surface area contributed by atoms with E-state index < -0.39 is 0 Å². The first-order valence-corrected chi connectivity index (χ1v) is 13.6. The second-order valence-corrected chi connectivity index (χ2v) is 8.84. The molecule has 13 nitrogen and oxygen atoms in total. The van der Waals surface area contributed by atoms with Gasteiger partial charge in [-0.25, -0.2) is 0 Å². The smallest absolute Gasteiger partial charge is 0.251 e. The van der Waals surface area contributed by atoms with Crippen molar-refractivity contribution >= 4 is 23.8 Å². The molecule has 41 heavy (non-hydrogen) atoms. The first kappa shape index (κ1) is 31.5. The van der Waals surface area contributed by atoms with E-state index in [9.17, 15) is 4.79 Å². The van der Waals surface area contributed by atoms with Crippen molar-refractivity contribution < 1.29 is 24.1 Å². The Hall–Kier alpha value is -4.04. The molecule has 0 unspecified atom stereocenters. The average Bonchev–Trinajstić information content (AvgIpc) is 3.00. The normalized spacial score (nSPS) is 10.7. The Morgan fingerprint density at radius 1 is 0.829 bits per heavy atom. The number of rotatable bonds is 20. The van der Waals surface area contributed by atoms with E-state index in [0.717, 1.165) is 16.9 Å². The van der Waals surface area contributed by atoms with Gasteiger partial charge in [-0.1, -0.05) is 24.3 Å². The number of nitrogens with two attached hydrogens (primary N) is 1. The lowest BCUT2D eigenvalue weighted by molar-refractivity contribution is 0.0511. The predicted molar refractivity (Wildman–Crippen MR) is 157 cm³/mol. The molecule has 1 amide bonds. The van der Waals surface area contributed by atoms with Crippen LogP contribution in [0.2, 0.25) is 0 Å². The highest BCUT2D eigenvalue weighted by molar-refractivity contribution is 5.94. The van der Waals surface area contributed by atoms with Crippen molar-refractivity contribution in [2.24, 2.45) is 5.73 Å². The summed E-state index contributed by atoms with van der Waals surface area (Å²) in [7, 11) is 1.63. The molecule has 0 aliphatic rings. The van der Waals surface area contributed by atoms with Gasteiger partial charge < -0.3 is 46.3 Å². The summed E-state index contributed by atoms with van der Waals surface area (Å²) in [5, 5.41) is 21.5. The van der Waals surface area contributed by atoms with Gasteiger partial charge in [-0.2, -0.15) is 15.0 Å². The molecule has 0 bridgehead atoms. The fourth-order valence-electron chi connectivity index (χ4n) is 3.56. The molecule has 0 aliphatic heterocycles. The van der Waals surface area contributed by atoms with E-state index >= 15 is 0 Å². The molecule has 222 valence electrons. The maximum absolute atomic E-state index is 12.4. The quantitative estimate of drug-likeness (QED) is 0.109. The van der Waals surface area contributed by atoms with Gasteiger partial charge in [-0.05, 0) is 41.8 Å². The van der Waals surface area contributed by atoms with Crippen LogP contribution in [0.1, 0.15) is 27.9 Å². The number of nitrogens with zero attached hydrogens (tertiary/aromatic N) is 3. The second kappa shape index (κ2) is 18.3. The molecule has 0 fully saturated rings. The molecule has 2 aromatic carbocycles. The summed E-state index contributed by atoms with van der Waals surface area (Å²) in [5.74, 6) is 1.77. The summed E-state index contributed by atoms with van der Waals surface area (Å²) in [4.78, 5) is 25.8. The lowest BCUT2D eigenvalue weighted by Gasteiger charge is -2.12. The number of benzene rings is 2. The highest BCUT2D eigenvalue weighted by Gasteiger charge is 2.09. The number of carbonyl (C=O) groups excluding carboxylic acids is 1. The third kappa shape index (κ3) is 11.9. The summed E-state index contributed by atoms with van der Waals surface area (Å²) in [6.45, 7) is 4.26. The third-order valence-electron chi connectivity index (χ3n) is 5.67. The second-order valence-electron chi connectivity index (χ2n) is 8.84. The van der Waals surface area contributed by atoms with Crippen LogP contribution in [0.5, 0.6) is 5.75 Å². The van der Waals surface area contributed by atoms with Gasteiger partial charge in [-0.15, -0.1) is 0 Å². The molecule has 3 rings (SSSR count). The lowest BCUT2D eigenvalue weighted by Crippen LogP contribution is -2.27. The average molecular weight is 569 g/mol. The van der Waals surface area contributed by atoms with Gasteiger partial charge in [0.2, 0.25) is 17.8 Å². The van der Waals surface area contributed by atoms with Crippen molar-refractivity contribution in [3.05, 3.63) is 65.2 Å². The number of nitrogens with one attached hydrogen (secondary N) is 4. The van der Waals surface area contributed by atoms with Gasteiger partial charge in [0, 0.05) is 44.9 Å². The summed E-state index contributed by atoms with van der Waals surface area (Å²) >= 11 is 0. The van der Waals surface area contributed by atoms with Crippen LogP contribution in [-0.4, -0.2) is 85.7 Å². The molecule has 1 heterocycles. The van der Waals surface area contributed by atoms with Gasteiger partial charge in [-0.3, -0.25) is 4.79 Å². The van der Waals surface area contributed by atoms with E-state index in [4.69, 9.17) is 25.1 Å². The minimum atomic E-state index is -0.171. The molecular weight excluding hydrogens is 528 g/mol. The first-order chi connectivity index (χ1) is 20.1. The molecule has 0 atom stereocenters. The number of carbonyl (C=O) groups is 1. The SMILES string of the molecule is COc1cccc(CNc2nc(NCCCO)nc(NCc3ccc(C(=O)NCCOCCOCCN)cc3)n2)c1. The van der Waals surface area contributed by atoms with Gasteiger partial charge in [0.1, 0.15) is 5.75 Å². The number of aliphatic hydroxyl groups excluding tert-OH is 1. The molecule has 0 radical (unpaired) electrons. The first-order valence-electron chi connectivity index (χ1n) is 13.6. The summed E-state index contributed by atoms with van der Waals surface area (Å²) in [6, 6.07) is 15.0. The Bertz CT molecular complexity index is 1180. The van der Waals surface area contributed by atoms with E-state index in [-0.39, 0.29) is 12.5 Å². The van der Waals surface area contributed by atoms with E-state index in [1.165, 1.54) is 0 Å². The minimum Gasteiger partial charge on any atom is -0.497 e. The fraction of sp³-hybridized carbons (Fsp3) is 0.429. The fourth-order valence-corrected chi connectivity index (χ4v) is 3.56. The lowest BCUT2D eigenvalue weighted by atomic mass is 10.1. The van der Waals surface area contributed by atoms with Crippen LogP contribution in [0.25, 0.3) is 0 Å².